The van der Waals surface area contributed by atoms with Gasteiger partial charge < -0.3 is 10.1 Å². The maximum atomic E-state index is 12.5. The van der Waals surface area contributed by atoms with E-state index in [2.05, 4.69) is 15.5 Å². The number of carbonyl (C=O) groups is 1. The molecule has 2 aromatic carbocycles. The molecule has 1 saturated carbocycles. The number of benzene rings is 2. The highest BCUT2D eigenvalue weighted by atomic mass is 16.5. The van der Waals surface area contributed by atoms with Crippen LogP contribution in [-0.4, -0.2) is 23.2 Å². The van der Waals surface area contributed by atoms with Crippen LogP contribution >= 0.6 is 0 Å². The highest BCUT2D eigenvalue weighted by Crippen LogP contribution is 2.30. The minimum Gasteiger partial charge on any atom is -0.497 e. The molecule has 1 amide bonds. The van der Waals surface area contributed by atoms with Gasteiger partial charge in [0.15, 0.2) is 5.82 Å². The Morgan fingerprint density at radius 3 is 2.73 bits per heavy atom. The van der Waals surface area contributed by atoms with Crippen molar-refractivity contribution in [1.29, 1.82) is 0 Å². The summed E-state index contributed by atoms with van der Waals surface area (Å²) in [6, 6.07) is 14.0. The lowest BCUT2D eigenvalue weighted by molar-refractivity contribution is -0.120. The molecule has 0 saturated heterocycles. The van der Waals surface area contributed by atoms with Crippen molar-refractivity contribution in [2.24, 2.45) is 5.92 Å². The Bertz CT molecular complexity index is 926. The summed E-state index contributed by atoms with van der Waals surface area (Å²) in [4.78, 5) is 12.5. The van der Waals surface area contributed by atoms with E-state index in [0.29, 0.717) is 5.82 Å². The SMILES string of the molecule is COc1cccc(-c2ccc3c(NC(=O)C4CCCCC4)n[nH]c3c2)c1. The number of carbonyl (C=O) groups excluding carboxylic acids is 1. The fourth-order valence-electron chi connectivity index (χ4n) is 3.68. The maximum Gasteiger partial charge on any atom is 0.228 e. The summed E-state index contributed by atoms with van der Waals surface area (Å²) in [6.07, 6.45) is 5.48. The molecule has 0 aliphatic heterocycles. The predicted octanol–water partition coefficient (Wildman–Crippen LogP) is 4.76. The van der Waals surface area contributed by atoms with Gasteiger partial charge in [0, 0.05) is 11.3 Å². The van der Waals surface area contributed by atoms with Gasteiger partial charge in [0.1, 0.15) is 5.75 Å². The smallest absolute Gasteiger partial charge is 0.228 e. The molecule has 134 valence electrons. The predicted molar refractivity (Wildman–Crippen MR) is 103 cm³/mol. The van der Waals surface area contributed by atoms with Crippen LogP contribution in [0.3, 0.4) is 0 Å². The number of rotatable bonds is 4. The van der Waals surface area contributed by atoms with Gasteiger partial charge in [0.25, 0.3) is 0 Å². The van der Waals surface area contributed by atoms with Crippen LogP contribution in [0, 0.1) is 5.92 Å². The molecule has 0 spiro atoms. The number of hydrogen-bond donors (Lipinski definition) is 2. The standard InChI is InChI=1S/C21H23N3O2/c1-26-17-9-5-8-15(12-17)16-10-11-18-19(13-16)23-24-20(18)22-21(25)14-6-3-2-4-7-14/h5,8-14H,2-4,6-7H2,1H3,(H2,22,23,24,25). The number of fused-ring (bicyclic) bond motifs is 1. The van der Waals surface area contributed by atoms with E-state index in [0.717, 1.165) is 53.5 Å². The molecule has 4 rings (SSSR count). The van der Waals surface area contributed by atoms with Crippen LogP contribution in [0.25, 0.3) is 22.0 Å². The van der Waals surface area contributed by atoms with Crippen LogP contribution in [0.15, 0.2) is 42.5 Å². The second-order valence-electron chi connectivity index (χ2n) is 6.89. The monoisotopic (exact) mass is 349 g/mol. The van der Waals surface area contributed by atoms with Gasteiger partial charge in [-0.2, -0.15) is 5.10 Å². The molecule has 5 nitrogen and oxygen atoms in total. The first-order valence-electron chi connectivity index (χ1n) is 9.18. The summed E-state index contributed by atoms with van der Waals surface area (Å²) in [5.74, 6) is 1.65. The Labute approximate surface area is 152 Å². The summed E-state index contributed by atoms with van der Waals surface area (Å²) in [6.45, 7) is 0. The van der Waals surface area contributed by atoms with E-state index in [-0.39, 0.29) is 11.8 Å². The molecular formula is C21H23N3O2. The molecule has 0 unspecified atom stereocenters. The fourth-order valence-corrected chi connectivity index (χ4v) is 3.68. The third-order valence-corrected chi connectivity index (χ3v) is 5.18. The zero-order valence-corrected chi connectivity index (χ0v) is 14.9. The van der Waals surface area contributed by atoms with Gasteiger partial charge in [-0.05, 0) is 48.2 Å². The van der Waals surface area contributed by atoms with E-state index in [1.54, 1.807) is 7.11 Å². The van der Waals surface area contributed by atoms with Crippen molar-refractivity contribution in [3.63, 3.8) is 0 Å². The summed E-state index contributed by atoms with van der Waals surface area (Å²) in [5.41, 5.74) is 3.06. The Balaban J connectivity index is 1.58. The summed E-state index contributed by atoms with van der Waals surface area (Å²) >= 11 is 0. The van der Waals surface area contributed by atoms with Crippen LogP contribution in [0.1, 0.15) is 32.1 Å². The van der Waals surface area contributed by atoms with Gasteiger partial charge in [-0.3, -0.25) is 9.89 Å². The minimum absolute atomic E-state index is 0.0926. The number of anilines is 1. The molecular weight excluding hydrogens is 326 g/mol. The number of methoxy groups -OCH3 is 1. The lowest BCUT2D eigenvalue weighted by atomic mass is 9.89. The van der Waals surface area contributed by atoms with Crippen molar-refractivity contribution < 1.29 is 9.53 Å². The van der Waals surface area contributed by atoms with Gasteiger partial charge >= 0.3 is 0 Å². The average Bonchev–Trinajstić information content (AvgIpc) is 3.10. The zero-order chi connectivity index (χ0) is 17.9. The quantitative estimate of drug-likeness (QED) is 0.714. The highest BCUT2D eigenvalue weighted by molar-refractivity contribution is 6.01. The molecule has 1 heterocycles. The number of nitrogens with one attached hydrogen (secondary N) is 2. The molecule has 0 bridgehead atoms. The Hall–Kier alpha value is -2.82. The Morgan fingerprint density at radius 1 is 1.12 bits per heavy atom. The molecule has 26 heavy (non-hydrogen) atoms. The van der Waals surface area contributed by atoms with Gasteiger partial charge in [-0.1, -0.05) is 37.5 Å². The number of aromatic nitrogens is 2. The lowest BCUT2D eigenvalue weighted by Crippen LogP contribution is -2.24. The maximum absolute atomic E-state index is 12.5. The minimum atomic E-state index is 0.0926. The van der Waals surface area contributed by atoms with E-state index < -0.39 is 0 Å². The first kappa shape index (κ1) is 16.6. The normalized spacial score (nSPS) is 15.1. The van der Waals surface area contributed by atoms with E-state index in [1.165, 1.54) is 6.42 Å². The number of aromatic amines is 1. The second-order valence-corrected chi connectivity index (χ2v) is 6.89. The van der Waals surface area contributed by atoms with E-state index in [1.807, 2.05) is 42.5 Å². The molecule has 1 aliphatic carbocycles. The van der Waals surface area contributed by atoms with Crippen LogP contribution in [0.4, 0.5) is 5.82 Å². The van der Waals surface area contributed by atoms with Crippen molar-refractivity contribution in [2.45, 2.75) is 32.1 Å². The van der Waals surface area contributed by atoms with Gasteiger partial charge in [0.05, 0.1) is 12.6 Å². The van der Waals surface area contributed by atoms with Crippen molar-refractivity contribution in [2.75, 3.05) is 12.4 Å². The van der Waals surface area contributed by atoms with Gasteiger partial charge in [-0.15, -0.1) is 0 Å². The Morgan fingerprint density at radius 2 is 1.92 bits per heavy atom. The van der Waals surface area contributed by atoms with Crippen molar-refractivity contribution >= 4 is 22.6 Å². The summed E-state index contributed by atoms with van der Waals surface area (Å²) in [7, 11) is 1.67. The molecule has 0 radical (unpaired) electrons. The number of H-pyrrole nitrogens is 1. The highest BCUT2D eigenvalue weighted by Gasteiger charge is 2.22. The Kier molecular flexibility index (Phi) is 4.61. The topological polar surface area (TPSA) is 67.0 Å². The molecule has 1 aliphatic rings. The summed E-state index contributed by atoms with van der Waals surface area (Å²) < 4.78 is 5.30. The zero-order valence-electron chi connectivity index (χ0n) is 14.9. The molecule has 0 atom stereocenters. The van der Waals surface area contributed by atoms with Crippen LogP contribution in [-0.2, 0) is 4.79 Å². The van der Waals surface area contributed by atoms with Crippen molar-refractivity contribution in [3.05, 3.63) is 42.5 Å². The summed E-state index contributed by atoms with van der Waals surface area (Å²) in [5, 5.41) is 11.3. The van der Waals surface area contributed by atoms with E-state index in [4.69, 9.17) is 4.74 Å². The van der Waals surface area contributed by atoms with Crippen LogP contribution in [0.5, 0.6) is 5.75 Å². The average molecular weight is 349 g/mol. The van der Waals surface area contributed by atoms with E-state index in [9.17, 15) is 4.79 Å². The first-order valence-corrected chi connectivity index (χ1v) is 9.18. The third-order valence-electron chi connectivity index (χ3n) is 5.18. The molecule has 5 heteroatoms. The van der Waals surface area contributed by atoms with Crippen LogP contribution in [0.2, 0.25) is 0 Å². The van der Waals surface area contributed by atoms with Gasteiger partial charge in [-0.25, -0.2) is 0 Å². The van der Waals surface area contributed by atoms with Crippen LogP contribution < -0.4 is 10.1 Å². The first-order chi connectivity index (χ1) is 12.7. The van der Waals surface area contributed by atoms with Gasteiger partial charge in [0.2, 0.25) is 5.91 Å². The lowest BCUT2D eigenvalue weighted by Gasteiger charge is -2.20. The number of amides is 1. The molecule has 1 aromatic heterocycles. The van der Waals surface area contributed by atoms with E-state index >= 15 is 0 Å². The third kappa shape index (κ3) is 3.29. The number of nitrogens with zero attached hydrogens (tertiary/aromatic N) is 1. The molecule has 1 fully saturated rings. The van der Waals surface area contributed by atoms with Crippen molar-refractivity contribution in [3.8, 4) is 16.9 Å². The molecule has 3 aromatic rings. The number of ether oxygens (including phenoxy) is 1. The largest absolute Gasteiger partial charge is 0.497 e. The molecule has 2 N–H and O–H groups in total. The second kappa shape index (κ2) is 7.20. The number of hydrogen-bond acceptors (Lipinski definition) is 3. The fraction of sp³-hybridized carbons (Fsp3) is 0.333. The van der Waals surface area contributed by atoms with Crippen molar-refractivity contribution in [1.82, 2.24) is 10.2 Å².